The van der Waals surface area contributed by atoms with Gasteiger partial charge in [0.05, 0.1) is 13.2 Å². The molecule has 2 fully saturated rings. The van der Waals surface area contributed by atoms with Crippen LogP contribution in [-0.2, 0) is 14.2 Å². The summed E-state index contributed by atoms with van der Waals surface area (Å²) in [4.78, 5) is 12.9. The highest BCUT2D eigenvalue weighted by Crippen LogP contribution is 2.42. The summed E-state index contributed by atoms with van der Waals surface area (Å²) in [5.41, 5.74) is -1.76. The number of hydrogen-bond donors (Lipinski definition) is 12. The largest absolute Gasteiger partial charge is 0.507 e. The molecule has 2 aliphatic rings. The first-order valence-corrected chi connectivity index (χ1v) is 13.3. The molecule has 0 radical (unpaired) electrons. The molecule has 0 saturated carbocycles. The molecule has 6 unspecified atom stereocenters. The lowest BCUT2D eigenvalue weighted by Crippen LogP contribution is -2.62. The minimum absolute atomic E-state index is 0.240. The Hall–Kier alpha value is -3.95. The highest BCUT2D eigenvalue weighted by atomic mass is 16.7. The Kier molecular flexibility index (Phi) is 8.97. The SMILES string of the molecule is O=c1c(O)c(-c2cc(O)c(O)c(O)c2)oc2cc(OC3OC(COC4OC(CO)[C@@H](O)C(O)[C@H]4O)[C@@H](O)C(O)[C@H]3O)cc(O)c12. The summed E-state index contributed by atoms with van der Waals surface area (Å²) in [6.07, 6.45) is -16.9. The highest BCUT2D eigenvalue weighted by molar-refractivity contribution is 5.88. The molecule has 1 aromatic heterocycles. The van der Waals surface area contributed by atoms with E-state index in [2.05, 4.69) is 0 Å². The Morgan fingerprint density at radius 1 is 0.667 bits per heavy atom. The van der Waals surface area contributed by atoms with E-state index >= 15 is 0 Å². The molecule has 3 heterocycles. The van der Waals surface area contributed by atoms with Crippen molar-refractivity contribution in [3.05, 3.63) is 34.5 Å². The number of rotatable bonds is 7. The molecule has 2 saturated heterocycles. The summed E-state index contributed by atoms with van der Waals surface area (Å²) in [5.74, 6) is -5.15. The number of aliphatic hydroxyl groups is 7. The van der Waals surface area contributed by atoms with Crippen LogP contribution < -0.4 is 10.2 Å². The maximum atomic E-state index is 12.9. The van der Waals surface area contributed by atoms with E-state index in [-0.39, 0.29) is 11.3 Å². The van der Waals surface area contributed by atoms with Crippen LogP contribution in [0.15, 0.2) is 33.5 Å². The van der Waals surface area contributed by atoms with Gasteiger partial charge in [-0.05, 0) is 12.1 Å². The van der Waals surface area contributed by atoms with E-state index in [0.717, 1.165) is 24.3 Å². The van der Waals surface area contributed by atoms with Crippen molar-refractivity contribution in [2.45, 2.75) is 61.4 Å². The fourth-order valence-corrected chi connectivity index (χ4v) is 4.94. The van der Waals surface area contributed by atoms with Crippen molar-refractivity contribution in [2.75, 3.05) is 13.2 Å². The summed E-state index contributed by atoms with van der Waals surface area (Å²) in [6.45, 7) is -1.37. The Balaban J connectivity index is 1.39. The molecular weight excluding hydrogens is 612 g/mol. The maximum Gasteiger partial charge on any atom is 0.238 e. The zero-order valence-electron chi connectivity index (χ0n) is 22.8. The monoisotopic (exact) mass is 642 g/mol. The molecule has 0 bridgehead atoms. The van der Waals surface area contributed by atoms with Crippen LogP contribution in [0, 0.1) is 0 Å². The maximum absolute atomic E-state index is 12.9. The number of ether oxygens (including phenoxy) is 4. The van der Waals surface area contributed by atoms with Crippen LogP contribution in [-0.4, -0.2) is 136 Å². The second-order valence-electron chi connectivity index (χ2n) is 10.5. The van der Waals surface area contributed by atoms with E-state index in [1.165, 1.54) is 0 Å². The van der Waals surface area contributed by atoms with Gasteiger partial charge in [-0.2, -0.15) is 0 Å². The summed E-state index contributed by atoms with van der Waals surface area (Å²) in [5, 5.41) is 121. The molecule has 0 amide bonds. The van der Waals surface area contributed by atoms with Gasteiger partial charge in [-0.25, -0.2) is 0 Å². The molecule has 5 rings (SSSR count). The first-order chi connectivity index (χ1) is 21.2. The average molecular weight is 643 g/mol. The van der Waals surface area contributed by atoms with Crippen molar-refractivity contribution < 1.29 is 84.6 Å². The predicted octanol–water partition coefficient (Wildman–Crippen LogP) is -3.01. The average Bonchev–Trinajstić information content (AvgIpc) is 3.00. The van der Waals surface area contributed by atoms with Gasteiger partial charge in [0.2, 0.25) is 17.5 Å². The van der Waals surface area contributed by atoms with Gasteiger partial charge < -0.3 is 84.6 Å². The quantitative estimate of drug-likeness (QED) is 0.114. The van der Waals surface area contributed by atoms with E-state index in [9.17, 15) is 66.1 Å². The van der Waals surface area contributed by atoms with Crippen LogP contribution in [0.3, 0.4) is 0 Å². The Morgan fingerprint density at radius 2 is 1.24 bits per heavy atom. The van der Waals surface area contributed by atoms with Crippen LogP contribution in [0.25, 0.3) is 22.3 Å². The smallest absolute Gasteiger partial charge is 0.238 e. The minimum atomic E-state index is -1.90. The molecule has 0 aliphatic carbocycles. The lowest BCUT2D eigenvalue weighted by molar-refractivity contribution is -0.323. The number of phenols is 4. The van der Waals surface area contributed by atoms with Crippen molar-refractivity contribution in [1.82, 2.24) is 0 Å². The first kappa shape index (κ1) is 32.4. The summed E-state index contributed by atoms with van der Waals surface area (Å²) in [6, 6.07) is 3.69. The zero-order chi connectivity index (χ0) is 32.9. The molecule has 10 atom stereocenters. The highest BCUT2D eigenvalue weighted by Gasteiger charge is 2.48. The Labute approximate surface area is 250 Å². The number of fused-ring (bicyclic) bond motifs is 1. The van der Waals surface area contributed by atoms with E-state index in [4.69, 9.17) is 23.4 Å². The van der Waals surface area contributed by atoms with E-state index in [0.29, 0.717) is 0 Å². The van der Waals surface area contributed by atoms with Gasteiger partial charge in [0.15, 0.2) is 29.3 Å². The van der Waals surface area contributed by atoms with Crippen molar-refractivity contribution in [3.8, 4) is 45.8 Å². The summed E-state index contributed by atoms with van der Waals surface area (Å²) >= 11 is 0. The van der Waals surface area contributed by atoms with E-state index < -0.39 is 126 Å². The van der Waals surface area contributed by atoms with Gasteiger partial charge in [-0.3, -0.25) is 4.79 Å². The third-order valence-electron chi connectivity index (χ3n) is 7.45. The normalized spacial score (nSPS) is 32.1. The third kappa shape index (κ3) is 5.91. The number of aromatic hydroxyl groups is 5. The Bertz CT molecular complexity index is 1580. The molecular formula is C27H30O18. The summed E-state index contributed by atoms with van der Waals surface area (Å²) in [7, 11) is 0. The number of benzene rings is 2. The lowest BCUT2D eigenvalue weighted by atomic mass is 9.98. The number of hydrogen-bond acceptors (Lipinski definition) is 18. The Morgan fingerprint density at radius 3 is 1.87 bits per heavy atom. The van der Waals surface area contributed by atoms with Crippen molar-refractivity contribution in [2.24, 2.45) is 0 Å². The van der Waals surface area contributed by atoms with E-state index in [1.807, 2.05) is 0 Å². The van der Waals surface area contributed by atoms with Gasteiger partial charge in [0.1, 0.15) is 71.3 Å². The molecule has 18 heteroatoms. The van der Waals surface area contributed by atoms with Crippen LogP contribution >= 0.6 is 0 Å². The minimum Gasteiger partial charge on any atom is -0.507 e. The molecule has 18 nitrogen and oxygen atoms in total. The standard InChI is InChI=1S/C27H30O18/c28-5-13-17(33)20(36)23(39)26(44-13)41-6-14-18(34)21(37)24(40)27(45-14)42-8-3-9(29)15-12(4-8)43-25(22(38)19(15)35)7-1-10(30)16(32)11(31)2-7/h1-4,13-14,17-18,20-21,23-24,26-34,36-40H,5-6H2/t13?,14?,17-,18-,20?,21?,23-,24-,26?,27?/m1/s1. The molecule has 0 spiro atoms. The van der Waals surface area contributed by atoms with Crippen LogP contribution in [0.4, 0.5) is 0 Å². The van der Waals surface area contributed by atoms with Gasteiger partial charge in [-0.15, -0.1) is 0 Å². The van der Waals surface area contributed by atoms with Gasteiger partial charge in [0.25, 0.3) is 0 Å². The zero-order valence-corrected chi connectivity index (χ0v) is 22.8. The van der Waals surface area contributed by atoms with Gasteiger partial charge in [-0.1, -0.05) is 0 Å². The topological polar surface area (TPSA) is 310 Å². The van der Waals surface area contributed by atoms with E-state index in [1.54, 1.807) is 0 Å². The fraction of sp³-hybridized carbons (Fsp3) is 0.444. The molecule has 246 valence electrons. The van der Waals surface area contributed by atoms with Crippen molar-refractivity contribution in [1.29, 1.82) is 0 Å². The van der Waals surface area contributed by atoms with Crippen molar-refractivity contribution >= 4 is 11.0 Å². The second kappa shape index (κ2) is 12.4. The van der Waals surface area contributed by atoms with Gasteiger partial charge in [0, 0.05) is 17.7 Å². The van der Waals surface area contributed by atoms with Crippen molar-refractivity contribution in [3.63, 3.8) is 0 Å². The molecule has 12 N–H and O–H groups in total. The van der Waals surface area contributed by atoms with Crippen LogP contribution in [0.5, 0.6) is 34.5 Å². The van der Waals surface area contributed by atoms with Crippen LogP contribution in [0.1, 0.15) is 0 Å². The number of aliphatic hydroxyl groups excluding tert-OH is 7. The fourth-order valence-electron chi connectivity index (χ4n) is 4.94. The van der Waals surface area contributed by atoms with Gasteiger partial charge >= 0.3 is 0 Å². The lowest BCUT2D eigenvalue weighted by Gasteiger charge is -2.42. The molecule has 2 aliphatic heterocycles. The number of phenolic OH excluding ortho intramolecular Hbond substituents is 4. The molecule has 3 aromatic rings. The predicted molar refractivity (Wildman–Crippen MR) is 143 cm³/mol. The first-order valence-electron chi connectivity index (χ1n) is 13.3. The molecule has 45 heavy (non-hydrogen) atoms. The summed E-state index contributed by atoms with van der Waals surface area (Å²) < 4.78 is 27.3. The second-order valence-corrected chi connectivity index (χ2v) is 10.5. The third-order valence-corrected chi connectivity index (χ3v) is 7.45. The molecule has 2 aromatic carbocycles. The van der Waals surface area contributed by atoms with Crippen LogP contribution in [0.2, 0.25) is 0 Å².